The first-order valence-corrected chi connectivity index (χ1v) is 9.22. The number of ether oxygens (including phenoxy) is 3. The van der Waals surface area contributed by atoms with Crippen LogP contribution in [-0.2, 0) is 30.3 Å². The maximum absolute atomic E-state index is 12.5. The van der Waals surface area contributed by atoms with Gasteiger partial charge in [0, 0.05) is 6.42 Å². The number of halogens is 1. The Hall–Kier alpha value is -2.45. The minimum absolute atomic E-state index is 0.147. The highest BCUT2D eigenvalue weighted by molar-refractivity contribution is 9.10. The molecular weight excluding hydrogens is 432 g/mol. The van der Waals surface area contributed by atoms with E-state index in [2.05, 4.69) is 25.4 Å². The molecule has 150 valence electrons. The highest BCUT2D eigenvalue weighted by atomic mass is 79.9. The fourth-order valence-corrected chi connectivity index (χ4v) is 3.49. The van der Waals surface area contributed by atoms with Gasteiger partial charge < -0.3 is 19.3 Å². The van der Waals surface area contributed by atoms with Gasteiger partial charge in [0.05, 0.1) is 32.2 Å². The first kappa shape index (κ1) is 21.8. The molecule has 0 saturated heterocycles. The molecule has 0 aromatic heterocycles. The number of hydrogen-bond donors (Lipinski definition) is 1. The molecule has 2 rings (SSSR count). The molecule has 0 amide bonds. The summed E-state index contributed by atoms with van der Waals surface area (Å²) >= 11 is 3.50. The fraction of sp³-hybridized carbons (Fsp3) is 0.350. The van der Waals surface area contributed by atoms with E-state index in [1.54, 1.807) is 7.11 Å². The Labute approximate surface area is 170 Å². The van der Waals surface area contributed by atoms with Crippen molar-refractivity contribution in [2.24, 2.45) is 0 Å². The molecule has 0 aliphatic rings. The number of hydrogen-bond acceptors (Lipinski definition) is 7. The van der Waals surface area contributed by atoms with Crippen molar-refractivity contribution in [3.05, 3.63) is 40.4 Å². The van der Waals surface area contributed by atoms with Crippen molar-refractivity contribution in [3.8, 4) is 5.75 Å². The molecule has 0 fully saturated rings. The zero-order valence-corrected chi connectivity index (χ0v) is 17.4. The lowest BCUT2D eigenvalue weighted by Crippen LogP contribution is -2.49. The smallest absolute Gasteiger partial charge is 0.346 e. The Balaban J connectivity index is 2.20. The number of fused-ring (bicyclic) bond motifs is 1. The highest BCUT2D eigenvalue weighted by Crippen LogP contribution is 2.33. The number of aliphatic hydroxyl groups is 1. The van der Waals surface area contributed by atoms with Crippen LogP contribution in [0.4, 0.5) is 0 Å². The largest absolute Gasteiger partial charge is 0.496 e. The fourth-order valence-electron chi connectivity index (χ4n) is 2.83. The maximum atomic E-state index is 12.5. The normalized spacial score (nSPS) is 12.9. The summed E-state index contributed by atoms with van der Waals surface area (Å²) in [7, 11) is 3.72. The average molecular weight is 453 g/mol. The van der Waals surface area contributed by atoms with Crippen molar-refractivity contribution in [1.29, 1.82) is 0 Å². The maximum Gasteiger partial charge on any atom is 0.346 e. The Morgan fingerprint density at radius 3 is 2.39 bits per heavy atom. The van der Waals surface area contributed by atoms with Crippen LogP contribution in [0.3, 0.4) is 0 Å². The minimum Gasteiger partial charge on any atom is -0.496 e. The molecule has 0 bridgehead atoms. The molecule has 0 aliphatic carbocycles. The molecule has 0 unspecified atom stereocenters. The first-order valence-electron chi connectivity index (χ1n) is 8.43. The number of aryl methyl sites for hydroxylation is 1. The second kappa shape index (κ2) is 9.16. The molecule has 1 atom stereocenters. The van der Waals surface area contributed by atoms with Crippen LogP contribution in [0, 0.1) is 0 Å². The van der Waals surface area contributed by atoms with E-state index >= 15 is 0 Å². The molecule has 2 aromatic rings. The van der Waals surface area contributed by atoms with Crippen LogP contribution in [0.15, 0.2) is 34.8 Å². The second-order valence-corrected chi connectivity index (χ2v) is 6.96. The summed E-state index contributed by atoms with van der Waals surface area (Å²) in [4.78, 5) is 35.9. The highest BCUT2D eigenvalue weighted by Gasteiger charge is 2.46. The van der Waals surface area contributed by atoms with Crippen molar-refractivity contribution >= 4 is 44.4 Å². The molecule has 0 heterocycles. The van der Waals surface area contributed by atoms with E-state index in [0.717, 1.165) is 35.0 Å². The summed E-state index contributed by atoms with van der Waals surface area (Å²) in [5, 5.41) is 12.3. The predicted octanol–water partition coefficient (Wildman–Crippen LogP) is 2.58. The zero-order chi connectivity index (χ0) is 20.9. The van der Waals surface area contributed by atoms with Crippen molar-refractivity contribution in [2.45, 2.75) is 24.9 Å². The van der Waals surface area contributed by atoms with E-state index in [1.807, 2.05) is 30.3 Å². The molecule has 7 nitrogen and oxygen atoms in total. The van der Waals surface area contributed by atoms with Gasteiger partial charge in [-0.25, -0.2) is 4.79 Å². The molecule has 0 aliphatic heterocycles. The third-order valence-electron chi connectivity index (χ3n) is 4.46. The Bertz CT molecular complexity index is 909. The van der Waals surface area contributed by atoms with Gasteiger partial charge in [0.2, 0.25) is 5.60 Å². The standard InChI is InChI=1S/C20H21BrO7/c1-26-15-8-6-13-10-12(4-7-14(13)18(15)21)5-9-16(22)20(25,19(24)28-3)11-17(23)27-2/h4,6-8,10,25H,5,9,11H2,1-3H3/t20-/m1/s1. The summed E-state index contributed by atoms with van der Waals surface area (Å²) in [6, 6.07) is 9.37. The van der Waals surface area contributed by atoms with Gasteiger partial charge in [-0.3, -0.25) is 9.59 Å². The van der Waals surface area contributed by atoms with Gasteiger partial charge in [0.15, 0.2) is 5.78 Å². The molecular formula is C20H21BrO7. The van der Waals surface area contributed by atoms with Crippen LogP contribution in [0.25, 0.3) is 10.8 Å². The van der Waals surface area contributed by atoms with Crippen molar-refractivity contribution in [2.75, 3.05) is 21.3 Å². The van der Waals surface area contributed by atoms with Gasteiger partial charge in [-0.1, -0.05) is 24.3 Å². The van der Waals surface area contributed by atoms with Crippen molar-refractivity contribution in [1.82, 2.24) is 0 Å². The van der Waals surface area contributed by atoms with E-state index < -0.39 is 29.7 Å². The number of carbonyl (C=O) groups excluding carboxylic acids is 3. The number of methoxy groups -OCH3 is 3. The second-order valence-electron chi connectivity index (χ2n) is 6.17. The molecule has 2 aromatic carbocycles. The van der Waals surface area contributed by atoms with Crippen LogP contribution in [0.1, 0.15) is 18.4 Å². The van der Waals surface area contributed by atoms with Crippen LogP contribution >= 0.6 is 15.9 Å². The number of esters is 2. The van der Waals surface area contributed by atoms with Crippen LogP contribution in [0.2, 0.25) is 0 Å². The number of rotatable bonds is 8. The molecule has 0 spiro atoms. The lowest BCUT2D eigenvalue weighted by atomic mass is 9.90. The number of Topliss-reactive ketones (excluding diaryl/α,β-unsaturated/α-hetero) is 1. The third-order valence-corrected chi connectivity index (χ3v) is 5.27. The van der Waals surface area contributed by atoms with Crippen molar-refractivity contribution in [3.63, 3.8) is 0 Å². The average Bonchev–Trinajstić information content (AvgIpc) is 2.71. The van der Waals surface area contributed by atoms with Gasteiger partial charge >= 0.3 is 11.9 Å². The third kappa shape index (κ3) is 4.51. The van der Waals surface area contributed by atoms with Gasteiger partial charge in [-0.15, -0.1) is 0 Å². The Morgan fingerprint density at radius 1 is 1.07 bits per heavy atom. The summed E-state index contributed by atoms with van der Waals surface area (Å²) in [6.07, 6.45) is -0.663. The zero-order valence-electron chi connectivity index (χ0n) is 15.8. The molecule has 28 heavy (non-hydrogen) atoms. The van der Waals surface area contributed by atoms with Gasteiger partial charge in [-0.05, 0) is 44.8 Å². The first-order chi connectivity index (χ1) is 13.3. The summed E-state index contributed by atoms with van der Waals surface area (Å²) in [5.74, 6) is -2.16. The van der Waals surface area contributed by atoms with Crippen LogP contribution in [0.5, 0.6) is 5.75 Å². The van der Waals surface area contributed by atoms with Crippen LogP contribution in [-0.4, -0.2) is 49.8 Å². The monoisotopic (exact) mass is 452 g/mol. The molecule has 8 heteroatoms. The van der Waals surface area contributed by atoms with Crippen molar-refractivity contribution < 1.29 is 33.7 Å². The van der Waals surface area contributed by atoms with Gasteiger partial charge in [0.25, 0.3) is 0 Å². The topological polar surface area (TPSA) is 99.1 Å². The SMILES string of the molecule is COC(=O)C[C@@](O)(C(=O)CCc1ccc2c(Br)c(OC)ccc2c1)C(=O)OC. The quantitative estimate of drug-likeness (QED) is 0.485. The lowest BCUT2D eigenvalue weighted by molar-refractivity contribution is -0.174. The number of ketones is 1. The lowest BCUT2D eigenvalue weighted by Gasteiger charge is -2.22. The number of carbonyl (C=O) groups is 3. The van der Waals surface area contributed by atoms with E-state index in [9.17, 15) is 19.5 Å². The van der Waals surface area contributed by atoms with E-state index in [0.29, 0.717) is 5.75 Å². The summed E-state index contributed by atoms with van der Waals surface area (Å²) in [5.41, 5.74) is -1.72. The Kier molecular flexibility index (Phi) is 7.15. The van der Waals surface area contributed by atoms with Gasteiger partial charge in [0.1, 0.15) is 5.75 Å². The predicted molar refractivity (Wildman–Crippen MR) is 105 cm³/mol. The van der Waals surface area contributed by atoms with E-state index in [1.165, 1.54) is 0 Å². The molecule has 1 N–H and O–H groups in total. The minimum atomic E-state index is -2.56. The van der Waals surface area contributed by atoms with Gasteiger partial charge in [-0.2, -0.15) is 0 Å². The molecule has 0 radical (unpaired) electrons. The van der Waals surface area contributed by atoms with Crippen LogP contribution < -0.4 is 4.74 Å². The van der Waals surface area contributed by atoms with E-state index in [4.69, 9.17) is 4.74 Å². The summed E-state index contributed by atoms with van der Waals surface area (Å²) < 4.78 is 15.1. The molecule has 0 saturated carbocycles. The Morgan fingerprint density at radius 2 is 1.79 bits per heavy atom. The van der Waals surface area contributed by atoms with E-state index in [-0.39, 0.29) is 12.8 Å². The number of benzene rings is 2. The summed E-state index contributed by atoms with van der Waals surface area (Å²) in [6.45, 7) is 0.